The summed E-state index contributed by atoms with van der Waals surface area (Å²) in [6.07, 6.45) is 0. The first-order valence-corrected chi connectivity index (χ1v) is 4.90. The number of carboxylic acid groups (broad SMARTS) is 1. The summed E-state index contributed by atoms with van der Waals surface area (Å²) in [5.41, 5.74) is 1.08. The summed E-state index contributed by atoms with van der Waals surface area (Å²) in [6.45, 7) is 1.79. The van der Waals surface area contributed by atoms with Gasteiger partial charge in [-0.1, -0.05) is 29.8 Å². The minimum Gasteiger partial charge on any atom is -0.478 e. The van der Waals surface area contributed by atoms with Gasteiger partial charge in [0.1, 0.15) is 0 Å². The highest BCUT2D eigenvalue weighted by atomic mass is 35.5. The highest BCUT2D eigenvalue weighted by Crippen LogP contribution is 2.27. The molecular weight excluding hydrogens is 212 g/mol. The highest BCUT2D eigenvalue weighted by Gasteiger charge is 2.10. The van der Waals surface area contributed by atoms with Crippen molar-refractivity contribution in [1.82, 2.24) is 0 Å². The molecule has 0 saturated carbocycles. The van der Waals surface area contributed by atoms with Gasteiger partial charge in [-0.15, -0.1) is 0 Å². The number of aromatic carboxylic acids is 1. The quantitative estimate of drug-likeness (QED) is 0.799. The van der Waals surface area contributed by atoms with E-state index >= 15 is 0 Å². The number of fused-ring (bicyclic) bond motifs is 1. The molecule has 0 aliphatic rings. The summed E-state index contributed by atoms with van der Waals surface area (Å²) in [7, 11) is 0. The van der Waals surface area contributed by atoms with Gasteiger partial charge in [-0.3, -0.25) is 0 Å². The molecule has 2 nitrogen and oxygen atoms in total. The average molecular weight is 221 g/mol. The molecule has 76 valence electrons. The molecule has 0 bridgehead atoms. The molecule has 0 atom stereocenters. The number of benzene rings is 2. The number of halogens is 1. The zero-order chi connectivity index (χ0) is 11.0. The summed E-state index contributed by atoms with van der Waals surface area (Å²) in [5.74, 6) is -0.908. The van der Waals surface area contributed by atoms with E-state index in [1.54, 1.807) is 25.1 Å². The summed E-state index contributed by atoms with van der Waals surface area (Å²) in [6, 6.07) is 8.83. The molecule has 0 heterocycles. The average Bonchev–Trinajstić information content (AvgIpc) is 2.19. The third-order valence-corrected chi connectivity index (χ3v) is 2.84. The number of carboxylic acids is 1. The lowest BCUT2D eigenvalue weighted by Gasteiger charge is -2.06. The lowest BCUT2D eigenvalue weighted by molar-refractivity contribution is 0.0696. The van der Waals surface area contributed by atoms with E-state index in [9.17, 15) is 4.79 Å². The number of hydrogen-bond donors (Lipinski definition) is 1. The second kappa shape index (κ2) is 3.55. The Bertz CT molecular complexity index is 547. The maximum atomic E-state index is 10.9. The first kappa shape index (κ1) is 9.99. The second-order valence-electron chi connectivity index (χ2n) is 3.38. The minimum absolute atomic E-state index is 0.324. The molecule has 15 heavy (non-hydrogen) atoms. The van der Waals surface area contributed by atoms with Crippen LogP contribution in [-0.2, 0) is 0 Å². The molecular formula is C12H9ClO2. The van der Waals surface area contributed by atoms with Crippen molar-refractivity contribution in [2.45, 2.75) is 6.92 Å². The van der Waals surface area contributed by atoms with E-state index < -0.39 is 5.97 Å². The van der Waals surface area contributed by atoms with Gasteiger partial charge in [-0.05, 0) is 30.0 Å². The molecule has 0 aromatic heterocycles. The van der Waals surface area contributed by atoms with Crippen molar-refractivity contribution in [2.24, 2.45) is 0 Å². The Kier molecular flexibility index (Phi) is 2.37. The SMILES string of the molecule is Cc1c(C(=O)O)ccc2c(Cl)cccc12. The van der Waals surface area contributed by atoms with Crippen LogP contribution in [0.3, 0.4) is 0 Å². The third kappa shape index (κ3) is 1.57. The van der Waals surface area contributed by atoms with Crippen molar-refractivity contribution >= 4 is 28.3 Å². The summed E-state index contributed by atoms with van der Waals surface area (Å²) >= 11 is 6.01. The molecule has 2 rings (SSSR count). The number of carbonyl (C=O) groups is 1. The Labute approximate surface area is 92.1 Å². The number of rotatable bonds is 1. The van der Waals surface area contributed by atoms with Crippen LogP contribution in [0, 0.1) is 6.92 Å². The smallest absolute Gasteiger partial charge is 0.335 e. The Morgan fingerprint density at radius 1 is 1.20 bits per heavy atom. The van der Waals surface area contributed by atoms with Gasteiger partial charge < -0.3 is 5.11 Å². The largest absolute Gasteiger partial charge is 0.478 e. The van der Waals surface area contributed by atoms with E-state index in [4.69, 9.17) is 16.7 Å². The van der Waals surface area contributed by atoms with Crippen molar-refractivity contribution in [2.75, 3.05) is 0 Å². The van der Waals surface area contributed by atoms with Crippen LogP contribution in [0.4, 0.5) is 0 Å². The van der Waals surface area contributed by atoms with Crippen LogP contribution in [0.2, 0.25) is 5.02 Å². The van der Waals surface area contributed by atoms with Crippen LogP contribution in [-0.4, -0.2) is 11.1 Å². The van der Waals surface area contributed by atoms with Crippen LogP contribution < -0.4 is 0 Å². The van der Waals surface area contributed by atoms with Gasteiger partial charge in [0.2, 0.25) is 0 Å². The predicted molar refractivity (Wildman–Crippen MR) is 60.7 cm³/mol. The molecule has 0 radical (unpaired) electrons. The first-order chi connectivity index (χ1) is 7.11. The van der Waals surface area contributed by atoms with E-state index in [-0.39, 0.29) is 0 Å². The maximum absolute atomic E-state index is 10.9. The van der Waals surface area contributed by atoms with E-state index in [1.165, 1.54) is 0 Å². The molecule has 0 amide bonds. The molecule has 0 fully saturated rings. The molecule has 1 N–H and O–H groups in total. The summed E-state index contributed by atoms with van der Waals surface area (Å²) in [5, 5.41) is 11.4. The van der Waals surface area contributed by atoms with Gasteiger partial charge in [0, 0.05) is 10.4 Å². The molecule has 0 aliphatic carbocycles. The van der Waals surface area contributed by atoms with Gasteiger partial charge in [0.15, 0.2) is 0 Å². The van der Waals surface area contributed by atoms with Gasteiger partial charge in [0.25, 0.3) is 0 Å². The van der Waals surface area contributed by atoms with Gasteiger partial charge >= 0.3 is 5.97 Å². The van der Waals surface area contributed by atoms with Crippen molar-refractivity contribution < 1.29 is 9.90 Å². The lowest BCUT2D eigenvalue weighted by Crippen LogP contribution is -1.99. The molecule has 2 aromatic carbocycles. The van der Waals surface area contributed by atoms with Crippen LogP contribution in [0.15, 0.2) is 30.3 Å². The normalized spacial score (nSPS) is 10.5. The molecule has 0 spiro atoms. The van der Waals surface area contributed by atoms with Crippen LogP contribution in [0.5, 0.6) is 0 Å². The second-order valence-corrected chi connectivity index (χ2v) is 3.79. The molecule has 0 saturated heterocycles. The van der Waals surface area contributed by atoms with Gasteiger partial charge in [0.05, 0.1) is 5.56 Å². The standard InChI is InChI=1S/C12H9ClO2/c1-7-8-3-2-4-11(13)10(8)6-5-9(7)12(14)15/h2-6H,1H3,(H,14,15). The highest BCUT2D eigenvalue weighted by molar-refractivity contribution is 6.35. The van der Waals surface area contributed by atoms with E-state index in [2.05, 4.69) is 0 Å². The van der Waals surface area contributed by atoms with Gasteiger partial charge in [-0.25, -0.2) is 4.79 Å². The van der Waals surface area contributed by atoms with Crippen molar-refractivity contribution in [3.05, 3.63) is 46.5 Å². The third-order valence-electron chi connectivity index (χ3n) is 2.51. The molecule has 0 unspecified atom stereocenters. The Morgan fingerprint density at radius 3 is 2.60 bits per heavy atom. The van der Waals surface area contributed by atoms with Crippen LogP contribution in [0.1, 0.15) is 15.9 Å². The van der Waals surface area contributed by atoms with E-state index in [0.29, 0.717) is 10.6 Å². The first-order valence-electron chi connectivity index (χ1n) is 4.52. The van der Waals surface area contributed by atoms with Crippen LogP contribution in [0.25, 0.3) is 10.8 Å². The molecule has 0 aliphatic heterocycles. The van der Waals surface area contributed by atoms with Crippen molar-refractivity contribution in [3.8, 4) is 0 Å². The zero-order valence-electron chi connectivity index (χ0n) is 8.12. The molecule has 2 aromatic rings. The Hall–Kier alpha value is -1.54. The molecule has 3 heteroatoms. The Balaban J connectivity index is 2.86. The van der Waals surface area contributed by atoms with E-state index in [1.807, 2.05) is 12.1 Å². The maximum Gasteiger partial charge on any atom is 0.335 e. The topological polar surface area (TPSA) is 37.3 Å². The minimum atomic E-state index is -0.908. The summed E-state index contributed by atoms with van der Waals surface area (Å²) < 4.78 is 0. The predicted octanol–water partition coefficient (Wildman–Crippen LogP) is 3.50. The van der Waals surface area contributed by atoms with E-state index in [0.717, 1.165) is 16.3 Å². The van der Waals surface area contributed by atoms with Crippen LogP contribution >= 0.6 is 11.6 Å². The number of hydrogen-bond acceptors (Lipinski definition) is 1. The fraction of sp³-hybridized carbons (Fsp3) is 0.0833. The van der Waals surface area contributed by atoms with Crippen molar-refractivity contribution in [3.63, 3.8) is 0 Å². The fourth-order valence-electron chi connectivity index (χ4n) is 1.70. The Morgan fingerprint density at radius 2 is 1.93 bits per heavy atom. The van der Waals surface area contributed by atoms with Gasteiger partial charge in [-0.2, -0.15) is 0 Å². The summed E-state index contributed by atoms with van der Waals surface area (Å²) in [4.78, 5) is 10.9. The number of aryl methyl sites for hydroxylation is 1. The fourth-order valence-corrected chi connectivity index (χ4v) is 1.94. The lowest BCUT2D eigenvalue weighted by atomic mass is 10.0. The van der Waals surface area contributed by atoms with Crippen molar-refractivity contribution in [1.29, 1.82) is 0 Å². The monoisotopic (exact) mass is 220 g/mol. The zero-order valence-corrected chi connectivity index (χ0v) is 8.88.